The molecule has 2 aromatic carbocycles. The first-order chi connectivity index (χ1) is 20.1. The van der Waals surface area contributed by atoms with Gasteiger partial charge in [0.2, 0.25) is 5.95 Å². The first-order valence-corrected chi connectivity index (χ1v) is 14.0. The summed E-state index contributed by atoms with van der Waals surface area (Å²) in [6.45, 7) is 9.66. The lowest BCUT2D eigenvalue weighted by molar-refractivity contribution is 0.0303. The SMILES string of the molecule is CC(C)(C)c1ccc(C(=O)NC2CCN(c3nnc(C(N)=O)c(Nc4ccc(C(=O)N5CCOCC5)cc4)n3)C2)cc1. The summed E-state index contributed by atoms with van der Waals surface area (Å²) >= 11 is 0. The number of benzene rings is 2. The second kappa shape index (κ2) is 12.1. The maximum Gasteiger partial charge on any atom is 0.273 e. The van der Waals surface area contributed by atoms with E-state index < -0.39 is 5.91 Å². The van der Waals surface area contributed by atoms with E-state index in [1.807, 2.05) is 29.2 Å². The molecule has 2 aliphatic rings. The van der Waals surface area contributed by atoms with Crippen LogP contribution >= 0.6 is 0 Å². The number of amides is 3. The number of aromatic nitrogens is 3. The normalized spacial score (nSPS) is 17.2. The van der Waals surface area contributed by atoms with Crippen molar-refractivity contribution < 1.29 is 19.1 Å². The molecule has 12 heteroatoms. The minimum atomic E-state index is -0.771. The fraction of sp³-hybridized carbons (Fsp3) is 0.400. The van der Waals surface area contributed by atoms with E-state index in [2.05, 4.69) is 46.6 Å². The zero-order chi connectivity index (χ0) is 29.9. The van der Waals surface area contributed by atoms with Crippen LogP contribution in [0.2, 0.25) is 0 Å². The molecule has 3 aromatic rings. The number of primary amides is 1. The van der Waals surface area contributed by atoms with E-state index >= 15 is 0 Å². The standard InChI is InChI=1S/C30H36N8O4/c1-30(2,3)21-8-4-19(5-9-21)27(40)33-23-12-13-38(18-23)29-34-26(24(25(31)39)35-36-29)32-22-10-6-20(7-11-22)28(41)37-14-16-42-17-15-37/h4-11,23H,12-18H2,1-3H3,(H2,31,39)(H,33,40)(H,32,34,36). The summed E-state index contributed by atoms with van der Waals surface area (Å²) in [5.74, 6) is -0.499. The number of hydrogen-bond acceptors (Lipinski definition) is 9. The Morgan fingerprint density at radius 3 is 2.24 bits per heavy atom. The Hall–Kier alpha value is -4.58. The highest BCUT2D eigenvalue weighted by Gasteiger charge is 2.28. The van der Waals surface area contributed by atoms with Crippen LogP contribution in [0.5, 0.6) is 0 Å². The highest BCUT2D eigenvalue weighted by atomic mass is 16.5. The van der Waals surface area contributed by atoms with Gasteiger partial charge in [-0.1, -0.05) is 32.9 Å². The first-order valence-electron chi connectivity index (χ1n) is 14.0. The van der Waals surface area contributed by atoms with Gasteiger partial charge >= 0.3 is 0 Å². The van der Waals surface area contributed by atoms with Crippen LogP contribution in [0.4, 0.5) is 17.5 Å². The topological polar surface area (TPSA) is 156 Å². The minimum absolute atomic E-state index is 0.0122. The van der Waals surface area contributed by atoms with Gasteiger partial charge in [0.05, 0.1) is 13.2 Å². The summed E-state index contributed by atoms with van der Waals surface area (Å²) < 4.78 is 5.32. The summed E-state index contributed by atoms with van der Waals surface area (Å²) in [7, 11) is 0. The molecule has 0 bridgehead atoms. The molecule has 1 unspecified atom stereocenters. The van der Waals surface area contributed by atoms with Gasteiger partial charge in [0.25, 0.3) is 17.7 Å². The number of nitrogens with one attached hydrogen (secondary N) is 2. The van der Waals surface area contributed by atoms with E-state index in [0.717, 1.165) is 5.56 Å². The van der Waals surface area contributed by atoms with E-state index in [1.165, 1.54) is 0 Å². The van der Waals surface area contributed by atoms with Gasteiger partial charge in [-0.15, -0.1) is 10.2 Å². The van der Waals surface area contributed by atoms with Crippen LogP contribution in [0.25, 0.3) is 0 Å². The molecule has 0 saturated carbocycles. The van der Waals surface area contributed by atoms with Crippen molar-refractivity contribution in [3.63, 3.8) is 0 Å². The summed E-state index contributed by atoms with van der Waals surface area (Å²) in [6, 6.07) is 14.5. The predicted octanol–water partition coefficient (Wildman–Crippen LogP) is 2.49. The Morgan fingerprint density at radius 2 is 1.60 bits per heavy atom. The molecule has 4 N–H and O–H groups in total. The second-order valence-corrected chi connectivity index (χ2v) is 11.5. The number of ether oxygens (including phenoxy) is 1. The molecule has 220 valence electrons. The lowest BCUT2D eigenvalue weighted by atomic mass is 9.86. The van der Waals surface area contributed by atoms with Crippen LogP contribution in [0, 0.1) is 0 Å². The molecular weight excluding hydrogens is 536 g/mol. The summed E-state index contributed by atoms with van der Waals surface area (Å²) in [5, 5.41) is 14.3. The van der Waals surface area contributed by atoms with E-state index in [9.17, 15) is 14.4 Å². The lowest BCUT2D eigenvalue weighted by Crippen LogP contribution is -2.40. The fourth-order valence-corrected chi connectivity index (χ4v) is 4.94. The van der Waals surface area contributed by atoms with Crippen molar-refractivity contribution in [2.45, 2.75) is 38.6 Å². The number of nitrogens with two attached hydrogens (primary N) is 1. The lowest BCUT2D eigenvalue weighted by Gasteiger charge is -2.26. The van der Waals surface area contributed by atoms with Crippen molar-refractivity contribution in [2.24, 2.45) is 5.73 Å². The average Bonchev–Trinajstić information content (AvgIpc) is 3.45. The predicted molar refractivity (Wildman–Crippen MR) is 158 cm³/mol. The number of morpholine rings is 1. The second-order valence-electron chi connectivity index (χ2n) is 11.5. The van der Waals surface area contributed by atoms with E-state index in [-0.39, 0.29) is 34.8 Å². The summed E-state index contributed by atoms with van der Waals surface area (Å²) in [5.41, 5.74) is 8.37. The Kier molecular flexibility index (Phi) is 8.34. The highest BCUT2D eigenvalue weighted by Crippen LogP contribution is 2.24. The Bertz CT molecular complexity index is 1450. The van der Waals surface area contributed by atoms with Crippen LogP contribution in [-0.4, -0.2) is 83.2 Å². The highest BCUT2D eigenvalue weighted by molar-refractivity contribution is 5.97. The molecule has 3 heterocycles. The maximum absolute atomic E-state index is 12.9. The Labute approximate surface area is 244 Å². The van der Waals surface area contributed by atoms with E-state index in [4.69, 9.17) is 10.5 Å². The molecule has 2 fully saturated rings. The van der Waals surface area contributed by atoms with Crippen molar-refractivity contribution in [2.75, 3.05) is 49.6 Å². The van der Waals surface area contributed by atoms with Crippen molar-refractivity contribution in [1.82, 2.24) is 25.4 Å². The molecule has 2 saturated heterocycles. The van der Waals surface area contributed by atoms with Crippen LogP contribution in [-0.2, 0) is 10.2 Å². The summed E-state index contributed by atoms with van der Waals surface area (Å²) in [4.78, 5) is 45.9. The third-order valence-corrected chi connectivity index (χ3v) is 7.42. The number of rotatable bonds is 7. The zero-order valence-corrected chi connectivity index (χ0v) is 24.1. The molecule has 0 spiro atoms. The Balaban J connectivity index is 1.24. The molecule has 3 amide bonds. The third kappa shape index (κ3) is 6.65. The zero-order valence-electron chi connectivity index (χ0n) is 24.1. The van der Waals surface area contributed by atoms with Crippen molar-refractivity contribution in [3.05, 3.63) is 70.9 Å². The Morgan fingerprint density at radius 1 is 0.929 bits per heavy atom. The number of anilines is 3. The van der Waals surface area contributed by atoms with Gasteiger partial charge in [0, 0.05) is 49.0 Å². The van der Waals surface area contributed by atoms with Crippen LogP contribution < -0.4 is 21.3 Å². The molecule has 12 nitrogen and oxygen atoms in total. The minimum Gasteiger partial charge on any atom is -0.378 e. The van der Waals surface area contributed by atoms with Crippen molar-refractivity contribution in [3.8, 4) is 0 Å². The number of carbonyl (C=O) groups is 3. The number of nitrogens with zero attached hydrogens (tertiary/aromatic N) is 5. The number of hydrogen-bond donors (Lipinski definition) is 3. The smallest absolute Gasteiger partial charge is 0.273 e. The van der Waals surface area contributed by atoms with Gasteiger partial charge in [-0.2, -0.15) is 4.98 Å². The fourth-order valence-electron chi connectivity index (χ4n) is 4.94. The van der Waals surface area contributed by atoms with Crippen molar-refractivity contribution >= 4 is 35.2 Å². The molecule has 1 aromatic heterocycles. The molecule has 0 aliphatic carbocycles. The molecular formula is C30H36N8O4. The van der Waals surface area contributed by atoms with Crippen LogP contribution in [0.1, 0.15) is 64.0 Å². The third-order valence-electron chi connectivity index (χ3n) is 7.42. The van der Waals surface area contributed by atoms with Crippen LogP contribution in [0.3, 0.4) is 0 Å². The molecule has 2 aliphatic heterocycles. The molecule has 5 rings (SSSR count). The van der Waals surface area contributed by atoms with Gasteiger partial charge in [-0.3, -0.25) is 14.4 Å². The largest absolute Gasteiger partial charge is 0.378 e. The molecule has 42 heavy (non-hydrogen) atoms. The van der Waals surface area contributed by atoms with E-state index in [0.29, 0.717) is 68.6 Å². The molecule has 0 radical (unpaired) electrons. The quantitative estimate of drug-likeness (QED) is 0.387. The maximum atomic E-state index is 12.9. The summed E-state index contributed by atoms with van der Waals surface area (Å²) in [6.07, 6.45) is 0.703. The average molecular weight is 573 g/mol. The van der Waals surface area contributed by atoms with Gasteiger partial charge < -0.3 is 30.9 Å². The van der Waals surface area contributed by atoms with Gasteiger partial charge in [-0.25, -0.2) is 0 Å². The monoisotopic (exact) mass is 572 g/mol. The number of carbonyl (C=O) groups excluding carboxylic acids is 3. The van der Waals surface area contributed by atoms with Crippen LogP contribution in [0.15, 0.2) is 48.5 Å². The van der Waals surface area contributed by atoms with Gasteiger partial charge in [-0.05, 0) is 53.8 Å². The first kappa shape index (κ1) is 28.9. The van der Waals surface area contributed by atoms with Gasteiger partial charge in [0.1, 0.15) is 0 Å². The van der Waals surface area contributed by atoms with Gasteiger partial charge in [0.15, 0.2) is 11.5 Å². The molecule has 1 atom stereocenters. The van der Waals surface area contributed by atoms with Crippen molar-refractivity contribution in [1.29, 1.82) is 0 Å². The van der Waals surface area contributed by atoms with E-state index in [1.54, 1.807) is 29.2 Å².